The summed E-state index contributed by atoms with van der Waals surface area (Å²) >= 11 is 5.24. The van der Waals surface area contributed by atoms with Crippen LogP contribution < -0.4 is 4.74 Å². The number of aromatic nitrogens is 2. The van der Waals surface area contributed by atoms with Crippen LogP contribution in [-0.2, 0) is 4.74 Å². The van der Waals surface area contributed by atoms with E-state index in [1.54, 1.807) is 7.11 Å². The Morgan fingerprint density at radius 1 is 1.21 bits per heavy atom. The van der Waals surface area contributed by atoms with Gasteiger partial charge in [0, 0.05) is 33.9 Å². The molecule has 0 radical (unpaired) electrons. The highest BCUT2D eigenvalue weighted by Crippen LogP contribution is 2.32. The van der Waals surface area contributed by atoms with Crippen LogP contribution in [0, 0.1) is 11.6 Å². The van der Waals surface area contributed by atoms with Crippen LogP contribution in [0.3, 0.4) is 0 Å². The van der Waals surface area contributed by atoms with Gasteiger partial charge in [-0.1, -0.05) is 12.2 Å². The Hall–Kier alpha value is -2.86. The van der Waals surface area contributed by atoms with E-state index in [0.717, 1.165) is 33.6 Å². The van der Waals surface area contributed by atoms with Crippen molar-refractivity contribution in [2.24, 2.45) is 0 Å². The molecule has 4 rings (SSSR count). The van der Waals surface area contributed by atoms with E-state index in [1.807, 2.05) is 43.3 Å². The molecular weight excluding hydrogens is 324 g/mol. The molecule has 0 atom stereocenters. The minimum atomic E-state index is -0.421. The average Bonchev–Trinajstić information content (AvgIpc) is 3.07. The monoisotopic (exact) mass is 338 g/mol. The van der Waals surface area contributed by atoms with Gasteiger partial charge < -0.3 is 19.4 Å². The maximum absolute atomic E-state index is 12.1. The van der Waals surface area contributed by atoms with E-state index in [0.29, 0.717) is 16.0 Å². The van der Waals surface area contributed by atoms with E-state index < -0.39 is 5.97 Å². The van der Waals surface area contributed by atoms with Gasteiger partial charge >= 0.3 is 5.97 Å². The van der Waals surface area contributed by atoms with E-state index in [-0.39, 0.29) is 0 Å². The van der Waals surface area contributed by atoms with Crippen LogP contribution in [0.1, 0.15) is 27.3 Å². The Labute approximate surface area is 142 Å². The van der Waals surface area contributed by atoms with Crippen LogP contribution >= 0.6 is 12.2 Å². The summed E-state index contributed by atoms with van der Waals surface area (Å²) in [6.45, 7) is 1.89. The molecule has 0 unspecified atom stereocenters. The van der Waals surface area contributed by atoms with Gasteiger partial charge in [-0.2, -0.15) is 0 Å². The lowest BCUT2D eigenvalue weighted by atomic mass is 10.1. The van der Waals surface area contributed by atoms with Crippen LogP contribution in [0.25, 0.3) is 22.7 Å². The molecule has 0 spiro atoms. The largest absolute Gasteiger partial charge is 0.497 e. The first-order chi connectivity index (χ1) is 11.5. The van der Waals surface area contributed by atoms with Gasteiger partial charge in [-0.25, -0.2) is 4.79 Å². The van der Waals surface area contributed by atoms with Gasteiger partial charge in [-0.15, -0.1) is 0 Å². The fourth-order valence-electron chi connectivity index (χ4n) is 2.88. The second kappa shape index (κ2) is 5.35. The highest BCUT2D eigenvalue weighted by Gasteiger charge is 2.28. The molecule has 1 aliphatic rings. The van der Waals surface area contributed by atoms with Crippen molar-refractivity contribution < 1.29 is 14.3 Å². The first-order valence-electron chi connectivity index (χ1n) is 7.40. The molecule has 120 valence electrons. The van der Waals surface area contributed by atoms with Crippen molar-refractivity contribution in [3.63, 3.8) is 0 Å². The minimum absolute atomic E-state index is 0.403. The number of benzene rings is 1. The summed E-state index contributed by atoms with van der Waals surface area (Å²) in [5.74, 6) is 0.868. The van der Waals surface area contributed by atoms with Crippen molar-refractivity contribution in [3.05, 3.63) is 57.5 Å². The zero-order chi connectivity index (χ0) is 16.8. The number of rotatable bonds is 2. The molecule has 2 aromatic heterocycles. The molecule has 0 bridgehead atoms. The number of aryl methyl sites for hydroxylation is 1. The van der Waals surface area contributed by atoms with Crippen molar-refractivity contribution >= 4 is 40.9 Å². The molecule has 0 amide bonds. The first kappa shape index (κ1) is 14.7. The third-order valence-electron chi connectivity index (χ3n) is 3.98. The second-order valence-electron chi connectivity index (χ2n) is 5.65. The summed E-state index contributed by atoms with van der Waals surface area (Å²) in [7, 11) is 1.64. The molecular formula is C18H14N2O3S. The van der Waals surface area contributed by atoms with Crippen molar-refractivity contribution in [2.75, 3.05) is 7.11 Å². The third-order valence-corrected chi connectivity index (χ3v) is 4.28. The molecule has 6 heteroatoms. The van der Waals surface area contributed by atoms with Crippen LogP contribution in [0.15, 0.2) is 30.3 Å². The van der Waals surface area contributed by atoms with Crippen LogP contribution in [0.5, 0.6) is 5.75 Å². The Bertz CT molecular complexity index is 1080. The average molecular weight is 338 g/mol. The predicted molar refractivity (Wildman–Crippen MR) is 94.5 cm³/mol. The normalized spacial score (nSPS) is 14.9. The lowest BCUT2D eigenvalue weighted by molar-refractivity contribution is 0.0716. The zero-order valence-corrected chi connectivity index (χ0v) is 13.9. The zero-order valence-electron chi connectivity index (χ0n) is 13.1. The van der Waals surface area contributed by atoms with Crippen molar-refractivity contribution in [1.29, 1.82) is 0 Å². The van der Waals surface area contributed by atoms with Crippen LogP contribution in [-0.4, -0.2) is 23.0 Å². The lowest BCUT2D eigenvalue weighted by Crippen LogP contribution is -1.97. The predicted octanol–water partition coefficient (Wildman–Crippen LogP) is 4.21. The van der Waals surface area contributed by atoms with E-state index in [4.69, 9.17) is 21.7 Å². The summed E-state index contributed by atoms with van der Waals surface area (Å²) in [6, 6.07) is 9.64. The van der Waals surface area contributed by atoms with E-state index in [9.17, 15) is 4.79 Å². The number of esters is 1. The number of nitrogens with one attached hydrogen (secondary N) is 2. The SMILES string of the molecule is COc1ccc2[nH]c(/C=C3\OC(=O)c4c3cc(C)[nH]c4=S)cc2c1. The Balaban J connectivity index is 1.83. The van der Waals surface area contributed by atoms with Crippen LogP contribution in [0.4, 0.5) is 0 Å². The summed E-state index contributed by atoms with van der Waals surface area (Å²) in [5, 5.41) is 1.02. The van der Waals surface area contributed by atoms with E-state index in [2.05, 4.69) is 9.97 Å². The maximum atomic E-state index is 12.1. The van der Waals surface area contributed by atoms with Crippen molar-refractivity contribution in [2.45, 2.75) is 6.92 Å². The highest BCUT2D eigenvalue weighted by atomic mass is 32.1. The van der Waals surface area contributed by atoms with Gasteiger partial charge in [0.2, 0.25) is 0 Å². The fourth-order valence-corrected chi connectivity index (χ4v) is 3.23. The molecule has 0 saturated heterocycles. The maximum Gasteiger partial charge on any atom is 0.347 e. The summed E-state index contributed by atoms with van der Waals surface area (Å²) < 4.78 is 11.0. The van der Waals surface area contributed by atoms with Crippen molar-refractivity contribution in [3.8, 4) is 5.75 Å². The number of carbonyl (C=O) groups is 1. The van der Waals surface area contributed by atoms with Crippen LogP contribution in [0.2, 0.25) is 0 Å². The number of fused-ring (bicyclic) bond motifs is 2. The number of carbonyl (C=O) groups excluding carboxylic acids is 1. The van der Waals surface area contributed by atoms with Gasteiger partial charge in [0.25, 0.3) is 0 Å². The fraction of sp³-hybridized carbons (Fsp3) is 0.111. The smallest absolute Gasteiger partial charge is 0.347 e. The Morgan fingerprint density at radius 3 is 2.83 bits per heavy atom. The van der Waals surface area contributed by atoms with Gasteiger partial charge in [-0.05, 0) is 37.3 Å². The Morgan fingerprint density at radius 2 is 2.04 bits per heavy atom. The summed E-state index contributed by atoms with van der Waals surface area (Å²) in [4.78, 5) is 18.4. The third kappa shape index (κ3) is 2.32. The van der Waals surface area contributed by atoms with Crippen molar-refractivity contribution in [1.82, 2.24) is 9.97 Å². The summed E-state index contributed by atoms with van der Waals surface area (Å²) in [6.07, 6.45) is 1.81. The molecule has 2 N–H and O–H groups in total. The number of hydrogen-bond acceptors (Lipinski definition) is 4. The number of pyridine rings is 1. The number of aromatic amines is 2. The van der Waals surface area contributed by atoms with Gasteiger partial charge in [0.1, 0.15) is 21.7 Å². The number of cyclic esters (lactones) is 1. The van der Waals surface area contributed by atoms with Gasteiger partial charge in [0.05, 0.1) is 7.11 Å². The molecule has 0 aliphatic carbocycles. The molecule has 3 heterocycles. The highest BCUT2D eigenvalue weighted by molar-refractivity contribution is 7.71. The Kier molecular flexibility index (Phi) is 3.28. The number of hydrogen-bond donors (Lipinski definition) is 2. The molecule has 3 aromatic rings. The molecule has 0 saturated carbocycles. The van der Waals surface area contributed by atoms with E-state index >= 15 is 0 Å². The quantitative estimate of drug-likeness (QED) is 0.542. The molecule has 24 heavy (non-hydrogen) atoms. The number of H-pyrrole nitrogens is 2. The second-order valence-corrected chi connectivity index (χ2v) is 6.05. The molecule has 1 aliphatic heterocycles. The minimum Gasteiger partial charge on any atom is -0.497 e. The number of ether oxygens (including phenoxy) is 2. The topological polar surface area (TPSA) is 67.1 Å². The first-order valence-corrected chi connectivity index (χ1v) is 7.81. The van der Waals surface area contributed by atoms with Gasteiger partial charge in [-0.3, -0.25) is 0 Å². The van der Waals surface area contributed by atoms with E-state index in [1.165, 1.54) is 0 Å². The standard InChI is InChI=1S/C18H14N2O3S/c1-9-5-13-15(23-18(21)16(13)17(24)19-9)8-11-6-10-7-12(22-2)3-4-14(10)20-11/h3-8,20H,1-2H3,(H,19,24)/b15-8-. The number of methoxy groups -OCH3 is 1. The summed E-state index contributed by atoms with van der Waals surface area (Å²) in [5.41, 5.74) is 3.83. The molecule has 0 fully saturated rings. The molecule has 5 nitrogen and oxygen atoms in total. The molecule has 1 aromatic carbocycles. The lowest BCUT2D eigenvalue weighted by Gasteiger charge is -1.99. The van der Waals surface area contributed by atoms with Gasteiger partial charge in [0.15, 0.2) is 0 Å².